The number of halogens is 1. The van der Waals surface area contributed by atoms with Crippen LogP contribution in [0.25, 0.3) is 5.57 Å². The van der Waals surface area contributed by atoms with Gasteiger partial charge < -0.3 is 5.11 Å². The maximum absolute atomic E-state index is 11.6. The van der Waals surface area contributed by atoms with Crippen molar-refractivity contribution in [3.05, 3.63) is 35.7 Å². The molecule has 0 amide bonds. The number of aliphatic carboxylic acids is 1. The zero-order chi connectivity index (χ0) is 13.9. The SMILES string of the molecule is C=C/C(C(=O)C(=O)O)=C(/CBr)c1nn(C)cc1C. The Hall–Kier alpha value is -1.69. The molecule has 0 bridgehead atoms. The van der Waals surface area contributed by atoms with Crippen molar-refractivity contribution in [3.8, 4) is 0 Å². The molecule has 0 saturated heterocycles. The molecule has 0 fully saturated rings. The first kappa shape index (κ1) is 14.4. The van der Waals surface area contributed by atoms with Crippen LogP contribution >= 0.6 is 15.9 Å². The van der Waals surface area contributed by atoms with Gasteiger partial charge in [-0.25, -0.2) is 4.79 Å². The van der Waals surface area contributed by atoms with Crippen LogP contribution in [-0.2, 0) is 16.6 Å². The van der Waals surface area contributed by atoms with Crippen LogP contribution in [0, 0.1) is 6.92 Å². The number of carbonyl (C=O) groups is 2. The molecule has 1 N–H and O–H groups in total. The van der Waals surface area contributed by atoms with E-state index in [1.54, 1.807) is 17.9 Å². The van der Waals surface area contributed by atoms with Gasteiger partial charge in [-0.2, -0.15) is 5.10 Å². The van der Waals surface area contributed by atoms with Crippen molar-refractivity contribution in [2.75, 3.05) is 5.33 Å². The van der Waals surface area contributed by atoms with Gasteiger partial charge in [0.25, 0.3) is 5.78 Å². The lowest BCUT2D eigenvalue weighted by molar-refractivity contribution is -0.147. The number of aromatic nitrogens is 2. The van der Waals surface area contributed by atoms with E-state index in [0.717, 1.165) is 5.56 Å². The lowest BCUT2D eigenvalue weighted by Crippen LogP contribution is -2.16. The fraction of sp³-hybridized carbons (Fsp3) is 0.250. The summed E-state index contributed by atoms with van der Waals surface area (Å²) >= 11 is 3.25. The smallest absolute Gasteiger partial charge is 0.377 e. The number of aryl methyl sites for hydroxylation is 2. The average Bonchev–Trinajstić information content (AvgIpc) is 2.64. The summed E-state index contributed by atoms with van der Waals surface area (Å²) in [5.74, 6) is -2.48. The van der Waals surface area contributed by atoms with E-state index in [-0.39, 0.29) is 5.57 Å². The Kier molecular flexibility index (Phi) is 4.61. The van der Waals surface area contributed by atoms with Gasteiger partial charge in [-0.15, -0.1) is 0 Å². The minimum absolute atomic E-state index is 0.0566. The number of carboxylic acids is 1. The van der Waals surface area contributed by atoms with Crippen LogP contribution < -0.4 is 0 Å². The molecule has 0 aliphatic carbocycles. The van der Waals surface area contributed by atoms with E-state index in [9.17, 15) is 9.59 Å². The van der Waals surface area contributed by atoms with Gasteiger partial charge in [-0.3, -0.25) is 9.48 Å². The number of carbonyl (C=O) groups excluding carboxylic acids is 1. The fourth-order valence-electron chi connectivity index (χ4n) is 1.64. The topological polar surface area (TPSA) is 72.2 Å². The van der Waals surface area contributed by atoms with Gasteiger partial charge in [0.1, 0.15) is 0 Å². The Balaban J connectivity index is 3.46. The molecule has 0 aliphatic rings. The number of alkyl halides is 1. The number of rotatable bonds is 5. The van der Waals surface area contributed by atoms with E-state index in [2.05, 4.69) is 27.6 Å². The monoisotopic (exact) mass is 312 g/mol. The third kappa shape index (κ3) is 2.76. The van der Waals surface area contributed by atoms with E-state index in [0.29, 0.717) is 16.6 Å². The predicted molar refractivity (Wildman–Crippen MR) is 71.5 cm³/mol. The largest absolute Gasteiger partial charge is 0.475 e. The Morgan fingerprint density at radius 3 is 2.56 bits per heavy atom. The van der Waals surface area contributed by atoms with Crippen molar-refractivity contribution in [1.29, 1.82) is 0 Å². The molecule has 5 nitrogen and oxygen atoms in total. The maximum Gasteiger partial charge on any atom is 0.377 e. The van der Waals surface area contributed by atoms with Crippen molar-refractivity contribution in [1.82, 2.24) is 9.78 Å². The molecule has 1 aromatic heterocycles. The van der Waals surface area contributed by atoms with Gasteiger partial charge in [-0.05, 0) is 12.5 Å². The van der Waals surface area contributed by atoms with Gasteiger partial charge in [0.05, 0.1) is 5.69 Å². The molecule has 0 aliphatic heterocycles. The van der Waals surface area contributed by atoms with Gasteiger partial charge in [-0.1, -0.05) is 28.6 Å². The highest BCUT2D eigenvalue weighted by molar-refractivity contribution is 9.09. The minimum Gasteiger partial charge on any atom is -0.475 e. The molecule has 18 heavy (non-hydrogen) atoms. The quantitative estimate of drug-likeness (QED) is 0.389. The normalized spacial score (nSPS) is 11.9. The number of ketones is 1. The second kappa shape index (κ2) is 5.77. The molecular formula is C12H13BrN2O3. The van der Waals surface area contributed by atoms with Gasteiger partial charge in [0.15, 0.2) is 0 Å². The van der Waals surface area contributed by atoms with Crippen molar-refractivity contribution in [3.63, 3.8) is 0 Å². The Morgan fingerprint density at radius 2 is 2.22 bits per heavy atom. The third-order valence-corrected chi connectivity index (χ3v) is 2.96. The molecule has 0 atom stereocenters. The molecule has 0 saturated carbocycles. The maximum atomic E-state index is 11.6. The van der Waals surface area contributed by atoms with E-state index in [1.165, 1.54) is 6.08 Å². The van der Waals surface area contributed by atoms with Gasteiger partial charge in [0.2, 0.25) is 0 Å². The molecule has 1 heterocycles. The fourth-order valence-corrected chi connectivity index (χ4v) is 2.20. The van der Waals surface area contributed by atoms with Crippen LogP contribution in [-0.4, -0.2) is 32.0 Å². The number of carboxylic acid groups (broad SMARTS) is 1. The number of nitrogens with zero attached hydrogens (tertiary/aromatic N) is 2. The van der Waals surface area contributed by atoms with Crippen LogP contribution in [0.5, 0.6) is 0 Å². The summed E-state index contributed by atoms with van der Waals surface area (Å²) in [5.41, 5.74) is 2.04. The van der Waals surface area contributed by atoms with Crippen LogP contribution in [0.2, 0.25) is 0 Å². The first-order valence-electron chi connectivity index (χ1n) is 5.12. The van der Waals surface area contributed by atoms with E-state index >= 15 is 0 Å². The molecule has 0 aromatic carbocycles. The lowest BCUT2D eigenvalue weighted by atomic mass is 10.0. The minimum atomic E-state index is -1.50. The number of Topliss-reactive ketones (excluding diaryl/α,β-unsaturated/α-hetero) is 1. The van der Waals surface area contributed by atoms with Crippen LogP contribution in [0.1, 0.15) is 11.3 Å². The van der Waals surface area contributed by atoms with Gasteiger partial charge >= 0.3 is 5.97 Å². The van der Waals surface area contributed by atoms with E-state index < -0.39 is 11.8 Å². The van der Waals surface area contributed by atoms with Crippen molar-refractivity contribution >= 4 is 33.3 Å². The summed E-state index contributed by atoms with van der Waals surface area (Å²) in [6.45, 7) is 5.34. The first-order chi connectivity index (χ1) is 8.42. The van der Waals surface area contributed by atoms with Gasteiger partial charge in [0, 0.05) is 29.7 Å². The van der Waals surface area contributed by atoms with Crippen LogP contribution in [0.15, 0.2) is 24.4 Å². The number of hydrogen-bond donors (Lipinski definition) is 1. The molecule has 1 aromatic rings. The number of allylic oxidation sites excluding steroid dienone is 2. The van der Waals surface area contributed by atoms with Crippen LogP contribution in [0.4, 0.5) is 0 Å². The summed E-state index contributed by atoms with van der Waals surface area (Å²) in [5, 5.41) is 13.3. The molecule has 0 unspecified atom stereocenters. The summed E-state index contributed by atoms with van der Waals surface area (Å²) in [4.78, 5) is 22.4. The molecule has 96 valence electrons. The number of hydrogen-bond acceptors (Lipinski definition) is 3. The second-order valence-electron chi connectivity index (χ2n) is 3.70. The summed E-state index contributed by atoms with van der Waals surface area (Å²) in [7, 11) is 1.76. The summed E-state index contributed by atoms with van der Waals surface area (Å²) in [6.07, 6.45) is 3.05. The third-order valence-electron chi connectivity index (χ3n) is 2.40. The predicted octanol–water partition coefficient (Wildman–Crippen LogP) is 1.72. The van der Waals surface area contributed by atoms with Crippen molar-refractivity contribution in [2.24, 2.45) is 7.05 Å². The second-order valence-corrected chi connectivity index (χ2v) is 4.26. The van der Waals surface area contributed by atoms with Crippen molar-refractivity contribution in [2.45, 2.75) is 6.92 Å². The van der Waals surface area contributed by atoms with E-state index in [4.69, 9.17) is 5.11 Å². The standard InChI is InChI=1S/C12H13BrN2O3/c1-4-8(11(16)12(17)18)9(5-13)10-7(2)6-15(3)14-10/h4,6H,1,5H2,2-3H3,(H,17,18)/b9-8+. The highest BCUT2D eigenvalue weighted by Crippen LogP contribution is 2.24. The lowest BCUT2D eigenvalue weighted by Gasteiger charge is -2.06. The molecule has 1 rings (SSSR count). The van der Waals surface area contributed by atoms with E-state index in [1.807, 2.05) is 6.92 Å². The summed E-state index contributed by atoms with van der Waals surface area (Å²) < 4.78 is 1.61. The highest BCUT2D eigenvalue weighted by atomic mass is 79.9. The van der Waals surface area contributed by atoms with Crippen molar-refractivity contribution < 1.29 is 14.7 Å². The zero-order valence-corrected chi connectivity index (χ0v) is 11.7. The highest BCUT2D eigenvalue weighted by Gasteiger charge is 2.22. The summed E-state index contributed by atoms with van der Waals surface area (Å²) in [6, 6.07) is 0. The molecule has 6 heteroatoms. The first-order valence-corrected chi connectivity index (χ1v) is 6.24. The molecular weight excluding hydrogens is 300 g/mol. The Morgan fingerprint density at radius 1 is 1.61 bits per heavy atom. The molecule has 0 spiro atoms. The van der Waals surface area contributed by atoms with Crippen LogP contribution in [0.3, 0.4) is 0 Å². The Bertz CT molecular complexity index is 544. The average molecular weight is 313 g/mol. The molecule has 0 radical (unpaired) electrons. The Labute approximate surface area is 113 Å². The zero-order valence-electron chi connectivity index (χ0n) is 10.1.